The minimum atomic E-state index is -0.589. The van der Waals surface area contributed by atoms with Gasteiger partial charge in [0, 0.05) is 21.7 Å². The summed E-state index contributed by atoms with van der Waals surface area (Å²) in [6.45, 7) is 0.653. The molecule has 106 valence electrons. The molecule has 0 bridgehead atoms. The Morgan fingerprint density at radius 1 is 1.10 bits per heavy atom. The van der Waals surface area contributed by atoms with Crippen molar-refractivity contribution in [2.75, 3.05) is 18.5 Å². The van der Waals surface area contributed by atoms with E-state index in [0.29, 0.717) is 11.6 Å². The molecule has 1 atom stereocenters. The van der Waals surface area contributed by atoms with Crippen LogP contribution in [0.3, 0.4) is 0 Å². The summed E-state index contributed by atoms with van der Waals surface area (Å²) in [6, 6.07) is 14.8. The lowest BCUT2D eigenvalue weighted by atomic mass is 10.3. The fourth-order valence-electron chi connectivity index (χ4n) is 1.59. The largest absolute Gasteiger partial charge is 0.491 e. The normalized spacial score (nSPS) is 11.9. The van der Waals surface area contributed by atoms with Crippen molar-refractivity contribution in [2.24, 2.45) is 0 Å². The number of hydrogen-bond acceptors (Lipinski definition) is 3. The van der Waals surface area contributed by atoms with E-state index in [0.717, 1.165) is 15.9 Å². The number of halogens is 2. The first kappa shape index (κ1) is 15.2. The van der Waals surface area contributed by atoms with Crippen LogP contribution in [-0.4, -0.2) is 24.4 Å². The van der Waals surface area contributed by atoms with Crippen molar-refractivity contribution in [3.63, 3.8) is 0 Å². The van der Waals surface area contributed by atoms with Crippen molar-refractivity contribution >= 4 is 33.2 Å². The first-order valence-corrected chi connectivity index (χ1v) is 7.36. The number of aliphatic hydroxyl groups is 1. The Morgan fingerprint density at radius 2 is 1.75 bits per heavy atom. The zero-order valence-electron chi connectivity index (χ0n) is 10.7. The molecule has 3 nitrogen and oxygen atoms in total. The summed E-state index contributed by atoms with van der Waals surface area (Å²) >= 11 is 9.16. The van der Waals surface area contributed by atoms with Crippen LogP contribution in [0.25, 0.3) is 0 Å². The summed E-state index contributed by atoms with van der Waals surface area (Å²) in [6.07, 6.45) is -0.589. The zero-order chi connectivity index (χ0) is 14.4. The molecule has 0 fully saturated rings. The minimum Gasteiger partial charge on any atom is -0.491 e. The van der Waals surface area contributed by atoms with Crippen LogP contribution in [0.15, 0.2) is 53.0 Å². The fourth-order valence-corrected chi connectivity index (χ4v) is 1.98. The molecule has 0 spiro atoms. The van der Waals surface area contributed by atoms with Crippen molar-refractivity contribution in [2.45, 2.75) is 6.10 Å². The summed E-state index contributed by atoms with van der Waals surface area (Å²) < 4.78 is 6.49. The van der Waals surface area contributed by atoms with E-state index in [1.807, 2.05) is 36.4 Å². The molecule has 0 saturated heterocycles. The van der Waals surface area contributed by atoms with Crippen molar-refractivity contribution < 1.29 is 9.84 Å². The molecule has 0 aromatic heterocycles. The van der Waals surface area contributed by atoms with Gasteiger partial charge in [0.1, 0.15) is 18.5 Å². The average molecular weight is 357 g/mol. The molecular weight excluding hydrogens is 342 g/mol. The Kier molecular flexibility index (Phi) is 5.71. The SMILES string of the molecule is OC(CNc1ccc(Cl)cc1)COc1ccc(Br)cc1. The monoisotopic (exact) mass is 355 g/mol. The maximum absolute atomic E-state index is 9.86. The Morgan fingerprint density at radius 3 is 2.40 bits per heavy atom. The van der Waals surface area contributed by atoms with Crippen molar-refractivity contribution in [3.05, 3.63) is 58.0 Å². The van der Waals surface area contributed by atoms with Gasteiger partial charge < -0.3 is 15.2 Å². The standard InChI is InChI=1S/C15H15BrClNO2/c16-11-1-7-15(8-2-11)20-10-14(19)9-18-13-5-3-12(17)4-6-13/h1-8,14,18-19H,9-10H2. The van der Waals surface area contributed by atoms with E-state index in [9.17, 15) is 5.11 Å². The minimum absolute atomic E-state index is 0.238. The second-order valence-electron chi connectivity index (χ2n) is 4.31. The van der Waals surface area contributed by atoms with Gasteiger partial charge in [0.25, 0.3) is 0 Å². The molecule has 0 aliphatic heterocycles. The maximum atomic E-state index is 9.86. The summed E-state index contributed by atoms with van der Waals surface area (Å²) in [5.41, 5.74) is 0.914. The molecule has 0 amide bonds. The van der Waals surface area contributed by atoms with Crippen LogP contribution in [0.5, 0.6) is 5.75 Å². The maximum Gasteiger partial charge on any atom is 0.119 e. The Balaban J connectivity index is 1.73. The van der Waals surface area contributed by atoms with Gasteiger partial charge in [-0.1, -0.05) is 27.5 Å². The van der Waals surface area contributed by atoms with Gasteiger partial charge in [0.2, 0.25) is 0 Å². The molecular formula is C15H15BrClNO2. The topological polar surface area (TPSA) is 41.5 Å². The Hall–Kier alpha value is -1.23. The van der Waals surface area contributed by atoms with Crippen LogP contribution in [0.4, 0.5) is 5.69 Å². The van der Waals surface area contributed by atoms with Crippen LogP contribution < -0.4 is 10.1 Å². The highest BCUT2D eigenvalue weighted by molar-refractivity contribution is 9.10. The van der Waals surface area contributed by atoms with Crippen molar-refractivity contribution in [1.82, 2.24) is 0 Å². The number of rotatable bonds is 6. The van der Waals surface area contributed by atoms with Crippen LogP contribution >= 0.6 is 27.5 Å². The molecule has 2 aromatic rings. The van der Waals surface area contributed by atoms with Gasteiger partial charge in [-0.3, -0.25) is 0 Å². The van der Waals surface area contributed by atoms with Crippen LogP contribution in [-0.2, 0) is 0 Å². The number of nitrogens with one attached hydrogen (secondary N) is 1. The molecule has 0 aliphatic rings. The third-order valence-corrected chi connectivity index (χ3v) is 3.42. The molecule has 2 N–H and O–H groups in total. The van der Waals surface area contributed by atoms with Gasteiger partial charge >= 0.3 is 0 Å². The lowest BCUT2D eigenvalue weighted by molar-refractivity contribution is 0.117. The molecule has 0 saturated carbocycles. The van der Waals surface area contributed by atoms with Crippen LogP contribution in [0, 0.1) is 0 Å². The van der Waals surface area contributed by atoms with Gasteiger partial charge in [-0.2, -0.15) is 0 Å². The predicted molar refractivity (Wildman–Crippen MR) is 85.6 cm³/mol. The lowest BCUT2D eigenvalue weighted by Crippen LogP contribution is -2.26. The first-order chi connectivity index (χ1) is 9.63. The molecule has 2 rings (SSSR count). The van der Waals surface area contributed by atoms with Gasteiger partial charge in [0.15, 0.2) is 0 Å². The number of anilines is 1. The number of aliphatic hydroxyl groups excluding tert-OH is 1. The lowest BCUT2D eigenvalue weighted by Gasteiger charge is -2.14. The molecule has 5 heteroatoms. The molecule has 0 aliphatic carbocycles. The summed E-state index contributed by atoms with van der Waals surface area (Å²) in [7, 11) is 0. The highest BCUT2D eigenvalue weighted by Gasteiger charge is 2.05. The van der Waals surface area contributed by atoms with E-state index in [4.69, 9.17) is 16.3 Å². The van der Waals surface area contributed by atoms with Gasteiger partial charge in [-0.05, 0) is 48.5 Å². The third-order valence-electron chi connectivity index (χ3n) is 2.64. The van der Waals surface area contributed by atoms with E-state index >= 15 is 0 Å². The van der Waals surface area contributed by atoms with Gasteiger partial charge in [0.05, 0.1) is 0 Å². The molecule has 0 radical (unpaired) electrons. The number of benzene rings is 2. The first-order valence-electron chi connectivity index (χ1n) is 6.19. The molecule has 2 aromatic carbocycles. The second-order valence-corrected chi connectivity index (χ2v) is 5.66. The summed E-state index contributed by atoms with van der Waals surface area (Å²) in [4.78, 5) is 0. The van der Waals surface area contributed by atoms with Crippen molar-refractivity contribution in [1.29, 1.82) is 0 Å². The average Bonchev–Trinajstić information content (AvgIpc) is 2.46. The van der Waals surface area contributed by atoms with E-state index < -0.39 is 6.10 Å². The predicted octanol–water partition coefficient (Wildman–Crippen LogP) is 3.95. The van der Waals surface area contributed by atoms with E-state index in [-0.39, 0.29) is 6.61 Å². The van der Waals surface area contributed by atoms with Gasteiger partial charge in [-0.15, -0.1) is 0 Å². The number of ether oxygens (including phenoxy) is 1. The highest BCUT2D eigenvalue weighted by atomic mass is 79.9. The summed E-state index contributed by atoms with van der Waals surface area (Å²) in [5, 5.41) is 13.7. The fraction of sp³-hybridized carbons (Fsp3) is 0.200. The summed E-state index contributed by atoms with van der Waals surface area (Å²) in [5.74, 6) is 0.735. The second kappa shape index (κ2) is 7.53. The van der Waals surface area contributed by atoms with Crippen LogP contribution in [0.1, 0.15) is 0 Å². The quantitative estimate of drug-likeness (QED) is 0.823. The van der Waals surface area contributed by atoms with Gasteiger partial charge in [-0.25, -0.2) is 0 Å². The zero-order valence-corrected chi connectivity index (χ0v) is 13.1. The molecule has 20 heavy (non-hydrogen) atoms. The highest BCUT2D eigenvalue weighted by Crippen LogP contribution is 2.16. The Bertz CT molecular complexity index is 481. The number of hydrogen-bond donors (Lipinski definition) is 2. The van der Waals surface area contributed by atoms with Crippen molar-refractivity contribution in [3.8, 4) is 5.75 Å². The van der Waals surface area contributed by atoms with Crippen LogP contribution in [0.2, 0.25) is 5.02 Å². The Labute approximate surface area is 131 Å². The smallest absolute Gasteiger partial charge is 0.119 e. The van der Waals surface area contributed by atoms with E-state index in [1.165, 1.54) is 0 Å². The molecule has 1 unspecified atom stereocenters. The van der Waals surface area contributed by atoms with E-state index in [2.05, 4.69) is 21.2 Å². The van der Waals surface area contributed by atoms with E-state index in [1.54, 1.807) is 12.1 Å². The molecule has 0 heterocycles. The third kappa shape index (κ3) is 5.04.